The van der Waals surface area contributed by atoms with E-state index in [1.807, 2.05) is 0 Å². The topological polar surface area (TPSA) is 26.3 Å². The Balaban J connectivity index is 0.000000193. The second-order valence-electron chi connectivity index (χ2n) is 5.56. The van der Waals surface area contributed by atoms with Crippen LogP contribution in [0.25, 0.3) is 32.3 Å². The normalized spacial score (nSPS) is 10.5. The standard InChI is InChI=1S/C16H10.C5H8O2/c1-3-11-7-9-13-5-2-6-14-10-8-12(4-1)15(11)16(13)14;1-4(2)5(6)7-3/h1-10H;1H2,2-3H3. The highest BCUT2D eigenvalue weighted by Gasteiger charge is 2.05. The highest BCUT2D eigenvalue weighted by molar-refractivity contribution is 6.22. The molecule has 2 nitrogen and oxygen atoms in total. The van der Waals surface area contributed by atoms with E-state index in [0.29, 0.717) is 5.57 Å². The molecular weight excluding hydrogens is 284 g/mol. The van der Waals surface area contributed by atoms with Crippen molar-refractivity contribution in [1.82, 2.24) is 0 Å². The summed E-state index contributed by atoms with van der Waals surface area (Å²) in [5, 5.41) is 8.14. The van der Waals surface area contributed by atoms with Crippen LogP contribution in [0.15, 0.2) is 72.8 Å². The molecule has 4 rings (SSSR count). The molecule has 0 amide bonds. The molecule has 0 atom stereocenters. The van der Waals surface area contributed by atoms with Crippen molar-refractivity contribution in [2.75, 3.05) is 7.11 Å². The first-order valence-electron chi connectivity index (χ1n) is 7.48. The first-order valence-corrected chi connectivity index (χ1v) is 7.48. The molecule has 114 valence electrons. The Bertz CT molecular complexity index is 869. The lowest BCUT2D eigenvalue weighted by molar-refractivity contribution is -0.136. The van der Waals surface area contributed by atoms with Crippen LogP contribution in [0.4, 0.5) is 0 Å². The van der Waals surface area contributed by atoms with Crippen LogP contribution in [0.2, 0.25) is 0 Å². The van der Waals surface area contributed by atoms with Gasteiger partial charge in [-0.15, -0.1) is 0 Å². The van der Waals surface area contributed by atoms with Gasteiger partial charge < -0.3 is 4.74 Å². The second kappa shape index (κ2) is 6.09. The summed E-state index contributed by atoms with van der Waals surface area (Å²) < 4.78 is 4.27. The van der Waals surface area contributed by atoms with Gasteiger partial charge in [0.05, 0.1) is 7.11 Å². The Labute approximate surface area is 135 Å². The molecule has 0 aliphatic carbocycles. The molecule has 0 radical (unpaired) electrons. The highest BCUT2D eigenvalue weighted by Crippen LogP contribution is 2.33. The minimum absolute atomic E-state index is 0.347. The smallest absolute Gasteiger partial charge is 0.332 e. The van der Waals surface area contributed by atoms with Crippen LogP contribution in [0, 0.1) is 0 Å². The van der Waals surface area contributed by atoms with Crippen molar-refractivity contribution in [3.63, 3.8) is 0 Å². The molecule has 0 fully saturated rings. The molecule has 0 saturated carbocycles. The van der Waals surface area contributed by atoms with Crippen LogP contribution in [-0.4, -0.2) is 13.1 Å². The monoisotopic (exact) mass is 302 g/mol. The molecular formula is C21H18O2. The highest BCUT2D eigenvalue weighted by atomic mass is 16.5. The molecule has 0 N–H and O–H groups in total. The van der Waals surface area contributed by atoms with Gasteiger partial charge in [-0.25, -0.2) is 4.79 Å². The average molecular weight is 302 g/mol. The number of benzene rings is 4. The Kier molecular flexibility index (Phi) is 3.98. The van der Waals surface area contributed by atoms with Crippen LogP contribution < -0.4 is 0 Å². The molecule has 0 spiro atoms. The largest absolute Gasteiger partial charge is 0.466 e. The fraction of sp³-hybridized carbons (Fsp3) is 0.0952. The maximum absolute atomic E-state index is 10.2. The molecule has 0 bridgehead atoms. The summed E-state index contributed by atoms with van der Waals surface area (Å²) in [6.07, 6.45) is 0. The first-order chi connectivity index (χ1) is 11.1. The summed E-state index contributed by atoms with van der Waals surface area (Å²) in [4.78, 5) is 10.2. The van der Waals surface area contributed by atoms with E-state index < -0.39 is 0 Å². The van der Waals surface area contributed by atoms with E-state index in [4.69, 9.17) is 0 Å². The fourth-order valence-corrected chi connectivity index (χ4v) is 2.84. The van der Waals surface area contributed by atoms with E-state index in [1.54, 1.807) is 6.92 Å². The van der Waals surface area contributed by atoms with E-state index in [-0.39, 0.29) is 5.97 Å². The van der Waals surface area contributed by atoms with Crippen molar-refractivity contribution < 1.29 is 9.53 Å². The van der Waals surface area contributed by atoms with Gasteiger partial charge in [-0.3, -0.25) is 0 Å². The Morgan fingerprint density at radius 1 is 0.783 bits per heavy atom. The summed E-state index contributed by atoms with van der Waals surface area (Å²) in [5.74, 6) is -0.347. The lowest BCUT2D eigenvalue weighted by atomic mass is 9.95. The molecule has 2 heteroatoms. The minimum atomic E-state index is -0.347. The van der Waals surface area contributed by atoms with Gasteiger partial charge in [0.25, 0.3) is 0 Å². The van der Waals surface area contributed by atoms with Crippen LogP contribution >= 0.6 is 0 Å². The molecule has 0 aromatic heterocycles. The van der Waals surface area contributed by atoms with Gasteiger partial charge >= 0.3 is 5.97 Å². The van der Waals surface area contributed by atoms with Gasteiger partial charge in [0.1, 0.15) is 0 Å². The van der Waals surface area contributed by atoms with Gasteiger partial charge in [-0.1, -0.05) is 67.2 Å². The van der Waals surface area contributed by atoms with Crippen molar-refractivity contribution in [2.45, 2.75) is 6.92 Å². The van der Waals surface area contributed by atoms with Crippen LogP contribution in [0.5, 0.6) is 0 Å². The summed E-state index contributed by atoms with van der Waals surface area (Å²) in [5.41, 5.74) is 0.433. The van der Waals surface area contributed by atoms with Crippen LogP contribution in [-0.2, 0) is 9.53 Å². The zero-order valence-electron chi connectivity index (χ0n) is 13.3. The second-order valence-corrected chi connectivity index (χ2v) is 5.56. The number of ether oxygens (including phenoxy) is 1. The van der Waals surface area contributed by atoms with E-state index in [1.165, 1.54) is 39.4 Å². The minimum Gasteiger partial charge on any atom is -0.466 e. The third-order valence-electron chi connectivity index (χ3n) is 3.93. The van der Waals surface area contributed by atoms with E-state index in [9.17, 15) is 4.79 Å². The quantitative estimate of drug-likeness (QED) is 0.270. The lowest BCUT2D eigenvalue weighted by Crippen LogP contribution is -1.98. The van der Waals surface area contributed by atoms with Gasteiger partial charge in [-0.2, -0.15) is 0 Å². The van der Waals surface area contributed by atoms with Crippen molar-refractivity contribution >= 4 is 38.3 Å². The maximum atomic E-state index is 10.2. The summed E-state index contributed by atoms with van der Waals surface area (Å²) >= 11 is 0. The lowest BCUT2D eigenvalue weighted by Gasteiger charge is -2.09. The molecule has 0 unspecified atom stereocenters. The van der Waals surface area contributed by atoms with E-state index >= 15 is 0 Å². The molecule has 0 aliphatic heterocycles. The third kappa shape index (κ3) is 2.76. The predicted molar refractivity (Wildman–Crippen MR) is 97.0 cm³/mol. The number of esters is 1. The Morgan fingerprint density at radius 2 is 1.13 bits per heavy atom. The van der Waals surface area contributed by atoms with Gasteiger partial charge in [0, 0.05) is 5.57 Å². The summed E-state index contributed by atoms with van der Waals surface area (Å²) in [7, 11) is 1.33. The van der Waals surface area contributed by atoms with Crippen molar-refractivity contribution in [3.05, 3.63) is 72.8 Å². The van der Waals surface area contributed by atoms with Crippen LogP contribution in [0.3, 0.4) is 0 Å². The number of hydrogen-bond donors (Lipinski definition) is 0. The number of rotatable bonds is 1. The fourth-order valence-electron chi connectivity index (χ4n) is 2.84. The molecule has 23 heavy (non-hydrogen) atoms. The van der Waals surface area contributed by atoms with E-state index in [0.717, 1.165) is 0 Å². The predicted octanol–water partition coefficient (Wildman–Crippen LogP) is 5.32. The Hall–Kier alpha value is -2.87. The third-order valence-corrected chi connectivity index (χ3v) is 3.93. The van der Waals surface area contributed by atoms with Crippen molar-refractivity contribution in [1.29, 1.82) is 0 Å². The molecule has 0 aliphatic rings. The Morgan fingerprint density at radius 3 is 1.35 bits per heavy atom. The van der Waals surface area contributed by atoms with Crippen LogP contribution in [0.1, 0.15) is 6.92 Å². The van der Waals surface area contributed by atoms with Gasteiger partial charge in [0.15, 0.2) is 0 Å². The molecule has 4 aromatic carbocycles. The summed E-state index contributed by atoms with van der Waals surface area (Å²) in [6, 6.07) is 21.9. The zero-order chi connectivity index (χ0) is 16.4. The number of methoxy groups -OCH3 is 1. The molecule has 0 saturated heterocycles. The number of carbonyl (C=O) groups excluding carboxylic acids is 1. The number of carbonyl (C=O) groups is 1. The van der Waals surface area contributed by atoms with Crippen molar-refractivity contribution in [3.8, 4) is 0 Å². The SMILES string of the molecule is C=C(C)C(=O)OC.c1cc2ccc3cccc4ccc(c1)c2c34. The van der Waals surface area contributed by atoms with E-state index in [2.05, 4.69) is 72.0 Å². The summed E-state index contributed by atoms with van der Waals surface area (Å²) in [6.45, 7) is 4.95. The van der Waals surface area contributed by atoms with Gasteiger partial charge in [-0.05, 0) is 39.2 Å². The van der Waals surface area contributed by atoms with Gasteiger partial charge in [0.2, 0.25) is 0 Å². The molecule has 0 heterocycles. The first kappa shape index (κ1) is 15.0. The maximum Gasteiger partial charge on any atom is 0.332 e. The number of hydrogen-bond acceptors (Lipinski definition) is 2. The average Bonchev–Trinajstić information content (AvgIpc) is 2.59. The molecule has 4 aromatic rings. The zero-order valence-corrected chi connectivity index (χ0v) is 13.3. The van der Waals surface area contributed by atoms with Crippen molar-refractivity contribution in [2.24, 2.45) is 0 Å².